The van der Waals surface area contributed by atoms with E-state index in [1.54, 1.807) is 0 Å². The number of nitrogens with one attached hydrogen (secondary N) is 1. The van der Waals surface area contributed by atoms with Gasteiger partial charge in [0.15, 0.2) is 0 Å². The largest absolute Gasteiger partial charge is 0.493 e. The van der Waals surface area contributed by atoms with Crippen LogP contribution in [0, 0.1) is 5.92 Å². The molecule has 1 aliphatic heterocycles. The van der Waals surface area contributed by atoms with Crippen LogP contribution in [0.5, 0.6) is 5.75 Å². The average molecular weight is 476 g/mol. The van der Waals surface area contributed by atoms with E-state index in [-0.39, 0.29) is 5.92 Å². The van der Waals surface area contributed by atoms with Gasteiger partial charge in [0.25, 0.3) is 0 Å². The molecule has 4 nitrogen and oxygen atoms in total. The maximum atomic E-state index is 12.2. The third kappa shape index (κ3) is 6.83. The Morgan fingerprint density at radius 3 is 2.80 bits per heavy atom. The lowest BCUT2D eigenvalue weighted by Crippen LogP contribution is -2.51. The van der Waals surface area contributed by atoms with E-state index in [1.165, 1.54) is 12.0 Å². The summed E-state index contributed by atoms with van der Waals surface area (Å²) < 4.78 is 6.10. The van der Waals surface area contributed by atoms with Crippen molar-refractivity contribution in [2.75, 3.05) is 13.2 Å². The van der Waals surface area contributed by atoms with Crippen molar-refractivity contribution in [1.29, 1.82) is 0 Å². The number of carbonyl (C=O) groups is 1. The number of carbonyl (C=O) groups excluding carboxylic acids is 1. The number of rotatable bonds is 12. The molecule has 4 heteroatoms. The van der Waals surface area contributed by atoms with Gasteiger partial charge in [0.2, 0.25) is 0 Å². The molecule has 1 saturated carbocycles. The van der Waals surface area contributed by atoms with Gasteiger partial charge in [-0.3, -0.25) is 4.79 Å². The molecule has 3 unspecified atom stereocenters. The maximum absolute atomic E-state index is 12.2. The van der Waals surface area contributed by atoms with Crippen molar-refractivity contribution in [3.8, 4) is 5.75 Å². The molecule has 1 fully saturated rings. The van der Waals surface area contributed by atoms with E-state index in [9.17, 15) is 9.90 Å². The van der Waals surface area contributed by atoms with Crippen LogP contribution in [-0.2, 0) is 23.2 Å². The van der Waals surface area contributed by atoms with Crippen LogP contribution in [-0.4, -0.2) is 30.1 Å². The fourth-order valence-corrected chi connectivity index (χ4v) is 5.54. The molecule has 1 aliphatic carbocycles. The summed E-state index contributed by atoms with van der Waals surface area (Å²) in [6, 6.07) is 16.6. The minimum absolute atomic E-state index is 0.152. The molecule has 2 aliphatic rings. The van der Waals surface area contributed by atoms with Crippen molar-refractivity contribution in [3.63, 3.8) is 0 Å². The summed E-state index contributed by atoms with van der Waals surface area (Å²) in [6.07, 6.45) is 13.4. The van der Waals surface area contributed by atoms with Gasteiger partial charge < -0.3 is 15.2 Å². The third-order valence-corrected chi connectivity index (χ3v) is 7.58. The van der Waals surface area contributed by atoms with Gasteiger partial charge in [0.05, 0.1) is 6.61 Å². The predicted octanol–water partition coefficient (Wildman–Crippen LogP) is 5.91. The molecule has 2 aromatic carbocycles. The summed E-state index contributed by atoms with van der Waals surface area (Å²) in [5.74, 6) is 1.31. The van der Waals surface area contributed by atoms with Gasteiger partial charge in [-0.05, 0) is 68.7 Å². The summed E-state index contributed by atoms with van der Waals surface area (Å²) in [5.41, 5.74) is 2.45. The summed E-state index contributed by atoms with van der Waals surface area (Å²) in [5, 5.41) is 15.5. The molecule has 0 saturated heterocycles. The van der Waals surface area contributed by atoms with Gasteiger partial charge in [-0.25, -0.2) is 0 Å². The Hall–Kier alpha value is -2.43. The molecule has 0 radical (unpaired) electrons. The number of allylic oxidation sites excluding steroid dienone is 2. The van der Waals surface area contributed by atoms with Crippen molar-refractivity contribution in [1.82, 2.24) is 5.32 Å². The lowest BCUT2D eigenvalue weighted by molar-refractivity contribution is -0.118. The van der Waals surface area contributed by atoms with Gasteiger partial charge >= 0.3 is 0 Å². The van der Waals surface area contributed by atoms with Crippen LogP contribution in [0.1, 0.15) is 75.0 Å². The van der Waals surface area contributed by atoms with E-state index in [0.29, 0.717) is 31.3 Å². The fourth-order valence-electron chi connectivity index (χ4n) is 5.54. The zero-order valence-corrected chi connectivity index (χ0v) is 21.2. The van der Waals surface area contributed by atoms with Crippen LogP contribution in [0.2, 0.25) is 0 Å². The van der Waals surface area contributed by atoms with E-state index < -0.39 is 5.60 Å². The maximum Gasteiger partial charge on any atom is 0.137 e. The number of ether oxygens (including phenoxy) is 1. The van der Waals surface area contributed by atoms with Crippen molar-refractivity contribution in [3.05, 3.63) is 77.4 Å². The molecule has 2 N–H and O–H groups in total. The first kappa shape index (κ1) is 25.7. The number of benzene rings is 2. The summed E-state index contributed by atoms with van der Waals surface area (Å²) >= 11 is 0. The van der Waals surface area contributed by atoms with Gasteiger partial charge in [0, 0.05) is 30.4 Å². The Morgan fingerprint density at radius 2 is 1.97 bits per heavy atom. The standard InChI is InChI=1S/C31H41NO3/c1-2-3-4-6-13-25-15-18-29-30(21-25)35-23-26-16-17-27(22-31(26,29)34)32-19-10-9-14-28(33)20-24-11-7-5-8-12-24/h4-8,11-12,15,18,21,26-27,32,34H,2-3,9-10,13-14,16-17,19-20,22-23H2,1H3. The summed E-state index contributed by atoms with van der Waals surface area (Å²) in [7, 11) is 0. The molecule has 0 aromatic heterocycles. The minimum atomic E-state index is -0.828. The number of ketones is 1. The van der Waals surface area contributed by atoms with Crippen LogP contribution in [0.3, 0.4) is 0 Å². The molecule has 1 heterocycles. The quantitative estimate of drug-likeness (QED) is 0.296. The first-order valence-electron chi connectivity index (χ1n) is 13.5. The zero-order chi connectivity index (χ0) is 24.5. The van der Waals surface area contributed by atoms with Crippen molar-refractivity contribution >= 4 is 5.78 Å². The van der Waals surface area contributed by atoms with Gasteiger partial charge in [-0.15, -0.1) is 0 Å². The van der Waals surface area contributed by atoms with E-state index in [2.05, 4.69) is 42.6 Å². The Morgan fingerprint density at radius 1 is 1.11 bits per heavy atom. The number of unbranched alkanes of at least 4 members (excludes halogenated alkanes) is 2. The van der Waals surface area contributed by atoms with Gasteiger partial charge in [0.1, 0.15) is 17.1 Å². The highest BCUT2D eigenvalue weighted by atomic mass is 16.5. The molecule has 0 amide bonds. The van der Waals surface area contributed by atoms with Crippen molar-refractivity contribution < 1.29 is 14.6 Å². The molecule has 188 valence electrons. The third-order valence-electron chi connectivity index (χ3n) is 7.58. The summed E-state index contributed by atoms with van der Waals surface area (Å²) in [6.45, 7) is 3.67. The Balaban J connectivity index is 1.25. The molecule has 0 spiro atoms. The van der Waals surface area contributed by atoms with Crippen molar-refractivity contribution in [2.45, 2.75) is 82.8 Å². The van der Waals surface area contributed by atoms with E-state index in [1.807, 2.05) is 30.3 Å². The Bertz CT molecular complexity index is 986. The first-order chi connectivity index (χ1) is 17.1. The highest BCUT2D eigenvalue weighted by Crippen LogP contribution is 2.48. The first-order valence-corrected chi connectivity index (χ1v) is 13.5. The number of hydrogen-bond donors (Lipinski definition) is 2. The lowest BCUT2D eigenvalue weighted by atomic mass is 9.68. The monoisotopic (exact) mass is 475 g/mol. The van der Waals surface area contributed by atoms with Crippen LogP contribution >= 0.6 is 0 Å². The normalized spacial score (nSPS) is 23.5. The number of hydrogen-bond acceptors (Lipinski definition) is 4. The van der Waals surface area contributed by atoms with E-state index >= 15 is 0 Å². The molecule has 2 aromatic rings. The highest BCUT2D eigenvalue weighted by Gasteiger charge is 2.48. The van der Waals surface area contributed by atoms with Crippen LogP contribution in [0.15, 0.2) is 60.7 Å². The Kier molecular flexibility index (Phi) is 9.17. The number of aliphatic hydroxyl groups is 1. The van der Waals surface area contributed by atoms with E-state index in [4.69, 9.17) is 4.74 Å². The Labute approximate surface area is 210 Å². The topological polar surface area (TPSA) is 58.6 Å². The smallest absolute Gasteiger partial charge is 0.137 e. The van der Waals surface area contributed by atoms with E-state index in [0.717, 1.165) is 68.4 Å². The van der Waals surface area contributed by atoms with Gasteiger partial charge in [-0.1, -0.05) is 68.0 Å². The van der Waals surface area contributed by atoms with Crippen LogP contribution in [0.25, 0.3) is 0 Å². The van der Waals surface area contributed by atoms with Gasteiger partial charge in [-0.2, -0.15) is 0 Å². The fraction of sp³-hybridized carbons (Fsp3) is 0.516. The van der Waals surface area contributed by atoms with Crippen LogP contribution < -0.4 is 10.1 Å². The predicted molar refractivity (Wildman–Crippen MR) is 142 cm³/mol. The second-order valence-corrected chi connectivity index (χ2v) is 10.3. The SMILES string of the molecule is CCCC=CCc1ccc2c(c1)OCC1CCC(NCCCCC(=O)Cc3ccccc3)CC21O. The zero-order valence-electron chi connectivity index (χ0n) is 21.2. The lowest BCUT2D eigenvalue weighted by Gasteiger charge is -2.47. The van der Waals surface area contributed by atoms with Crippen LogP contribution in [0.4, 0.5) is 0 Å². The number of fused-ring (bicyclic) bond motifs is 3. The number of Topliss-reactive ketones (excluding diaryl/α,β-unsaturated/α-hetero) is 1. The van der Waals surface area contributed by atoms with Crippen molar-refractivity contribution in [2.24, 2.45) is 5.92 Å². The molecular formula is C31H41NO3. The molecular weight excluding hydrogens is 434 g/mol. The average Bonchev–Trinajstić information content (AvgIpc) is 2.86. The molecule has 35 heavy (non-hydrogen) atoms. The second kappa shape index (κ2) is 12.5. The highest BCUT2D eigenvalue weighted by molar-refractivity contribution is 5.80. The molecule has 4 rings (SSSR count). The molecule has 0 bridgehead atoms. The minimum Gasteiger partial charge on any atom is -0.493 e. The summed E-state index contributed by atoms with van der Waals surface area (Å²) in [4.78, 5) is 12.2. The second-order valence-electron chi connectivity index (χ2n) is 10.3. The molecule has 3 atom stereocenters.